The zero-order valence-electron chi connectivity index (χ0n) is 8.95. The average molecular weight is 205 g/mol. The summed E-state index contributed by atoms with van der Waals surface area (Å²) in [4.78, 5) is 0. The highest BCUT2D eigenvalue weighted by atomic mass is 16.5. The van der Waals surface area contributed by atoms with Crippen molar-refractivity contribution >= 4 is 0 Å². The number of rotatable bonds is 4. The molecule has 0 atom stereocenters. The lowest BCUT2D eigenvalue weighted by atomic mass is 9.97. The van der Waals surface area contributed by atoms with Gasteiger partial charge in [-0.3, -0.25) is 0 Å². The number of hydrogen-bond donors (Lipinski definition) is 0. The minimum absolute atomic E-state index is 0.784. The van der Waals surface area contributed by atoms with E-state index in [1.54, 1.807) is 0 Å². The Morgan fingerprint density at radius 2 is 2.27 bits per heavy atom. The first-order chi connectivity index (χ1) is 7.45. The Morgan fingerprint density at radius 3 is 3.00 bits per heavy atom. The molecule has 1 aromatic carbocycles. The molecule has 1 heterocycles. The molecule has 1 radical (unpaired) electrons. The SMILES string of the molecule is [c]1cccc(OCCC2CCOCC2)c1. The Balaban J connectivity index is 1.66. The summed E-state index contributed by atoms with van der Waals surface area (Å²) >= 11 is 0. The fraction of sp³-hybridized carbons (Fsp3) is 0.538. The Labute approximate surface area is 91.2 Å². The summed E-state index contributed by atoms with van der Waals surface area (Å²) in [5, 5.41) is 0. The number of benzene rings is 1. The molecule has 1 aliphatic heterocycles. The van der Waals surface area contributed by atoms with Crippen molar-refractivity contribution in [3.8, 4) is 5.75 Å². The molecule has 0 amide bonds. The minimum atomic E-state index is 0.784. The molecule has 2 heteroatoms. The van der Waals surface area contributed by atoms with Gasteiger partial charge in [-0.25, -0.2) is 0 Å². The highest BCUT2D eigenvalue weighted by Gasteiger charge is 2.13. The third-order valence-corrected chi connectivity index (χ3v) is 2.81. The van der Waals surface area contributed by atoms with E-state index in [0.717, 1.165) is 37.9 Å². The van der Waals surface area contributed by atoms with Gasteiger partial charge < -0.3 is 9.47 Å². The standard InChI is InChI=1S/C13H17O2/c1-2-4-13(5-3-1)15-11-8-12-6-9-14-10-7-12/h1-2,4-5,12H,6-11H2. The van der Waals surface area contributed by atoms with E-state index < -0.39 is 0 Å². The van der Waals surface area contributed by atoms with E-state index in [2.05, 4.69) is 6.07 Å². The largest absolute Gasteiger partial charge is 0.494 e. The van der Waals surface area contributed by atoms with Crippen molar-refractivity contribution in [3.05, 3.63) is 30.3 Å². The smallest absolute Gasteiger partial charge is 0.119 e. The Bertz CT molecular complexity index is 265. The van der Waals surface area contributed by atoms with Gasteiger partial charge in [0.05, 0.1) is 6.61 Å². The van der Waals surface area contributed by atoms with E-state index in [1.807, 2.05) is 24.3 Å². The molecule has 81 valence electrons. The quantitative estimate of drug-likeness (QED) is 0.752. The summed E-state index contributed by atoms with van der Waals surface area (Å²) in [6.45, 7) is 2.65. The van der Waals surface area contributed by atoms with Crippen molar-refractivity contribution in [2.75, 3.05) is 19.8 Å². The van der Waals surface area contributed by atoms with Crippen molar-refractivity contribution < 1.29 is 9.47 Å². The lowest BCUT2D eigenvalue weighted by Crippen LogP contribution is -2.17. The topological polar surface area (TPSA) is 18.5 Å². The van der Waals surface area contributed by atoms with Crippen LogP contribution in [0.2, 0.25) is 0 Å². The molecular formula is C13H17O2. The van der Waals surface area contributed by atoms with Crippen molar-refractivity contribution in [1.29, 1.82) is 0 Å². The van der Waals surface area contributed by atoms with Crippen LogP contribution in [0.25, 0.3) is 0 Å². The average Bonchev–Trinajstić information content (AvgIpc) is 2.32. The van der Waals surface area contributed by atoms with Gasteiger partial charge in [0, 0.05) is 13.2 Å². The minimum Gasteiger partial charge on any atom is -0.494 e. The van der Waals surface area contributed by atoms with Crippen molar-refractivity contribution in [2.45, 2.75) is 19.3 Å². The molecular weight excluding hydrogens is 188 g/mol. The molecule has 0 spiro atoms. The van der Waals surface area contributed by atoms with E-state index >= 15 is 0 Å². The van der Waals surface area contributed by atoms with Crippen molar-refractivity contribution in [1.82, 2.24) is 0 Å². The summed E-state index contributed by atoms with van der Waals surface area (Å²) in [5.74, 6) is 1.70. The van der Waals surface area contributed by atoms with Crippen LogP contribution in [0.4, 0.5) is 0 Å². The van der Waals surface area contributed by atoms with Gasteiger partial charge in [-0.05, 0) is 43.4 Å². The maximum Gasteiger partial charge on any atom is 0.119 e. The lowest BCUT2D eigenvalue weighted by Gasteiger charge is -2.21. The van der Waals surface area contributed by atoms with E-state index in [4.69, 9.17) is 9.47 Å². The molecule has 1 aliphatic rings. The third-order valence-electron chi connectivity index (χ3n) is 2.81. The third kappa shape index (κ3) is 3.56. The highest BCUT2D eigenvalue weighted by molar-refractivity contribution is 5.19. The zero-order chi connectivity index (χ0) is 10.3. The molecule has 1 fully saturated rings. The number of ether oxygens (including phenoxy) is 2. The molecule has 15 heavy (non-hydrogen) atoms. The molecule has 0 aromatic heterocycles. The van der Waals surface area contributed by atoms with Crippen LogP contribution < -0.4 is 4.74 Å². The summed E-state index contributed by atoms with van der Waals surface area (Å²) in [5.41, 5.74) is 0. The van der Waals surface area contributed by atoms with Gasteiger partial charge in [0.2, 0.25) is 0 Å². The van der Waals surface area contributed by atoms with Gasteiger partial charge in [-0.2, -0.15) is 0 Å². The Morgan fingerprint density at radius 1 is 1.40 bits per heavy atom. The van der Waals surface area contributed by atoms with E-state index in [0.29, 0.717) is 0 Å². The predicted molar refractivity (Wildman–Crippen MR) is 58.9 cm³/mol. The first-order valence-electron chi connectivity index (χ1n) is 5.62. The molecule has 1 saturated heterocycles. The van der Waals surface area contributed by atoms with Crippen LogP contribution in [0.15, 0.2) is 24.3 Å². The summed E-state index contributed by atoms with van der Waals surface area (Å²) < 4.78 is 11.0. The van der Waals surface area contributed by atoms with Gasteiger partial charge in [0.15, 0.2) is 0 Å². The lowest BCUT2D eigenvalue weighted by molar-refractivity contribution is 0.0593. The molecule has 0 N–H and O–H groups in total. The maximum atomic E-state index is 5.64. The molecule has 2 rings (SSSR count). The molecule has 0 bridgehead atoms. The van der Waals surface area contributed by atoms with Crippen LogP contribution in [0.1, 0.15) is 19.3 Å². The second kappa shape index (κ2) is 5.76. The van der Waals surface area contributed by atoms with Crippen LogP contribution in [0.3, 0.4) is 0 Å². The highest BCUT2D eigenvalue weighted by Crippen LogP contribution is 2.19. The monoisotopic (exact) mass is 205 g/mol. The van der Waals surface area contributed by atoms with Gasteiger partial charge in [-0.1, -0.05) is 12.1 Å². The fourth-order valence-corrected chi connectivity index (χ4v) is 1.85. The Kier molecular flexibility index (Phi) is 4.03. The number of hydrogen-bond acceptors (Lipinski definition) is 2. The van der Waals surface area contributed by atoms with E-state index in [1.165, 1.54) is 12.8 Å². The molecule has 0 unspecified atom stereocenters. The first kappa shape index (κ1) is 10.5. The maximum absolute atomic E-state index is 5.64. The van der Waals surface area contributed by atoms with Gasteiger partial charge >= 0.3 is 0 Å². The first-order valence-corrected chi connectivity index (χ1v) is 5.62. The second-order valence-electron chi connectivity index (χ2n) is 3.93. The van der Waals surface area contributed by atoms with Crippen molar-refractivity contribution in [3.63, 3.8) is 0 Å². The van der Waals surface area contributed by atoms with E-state index in [-0.39, 0.29) is 0 Å². The van der Waals surface area contributed by atoms with Crippen LogP contribution >= 0.6 is 0 Å². The second-order valence-corrected chi connectivity index (χ2v) is 3.93. The normalized spacial score (nSPS) is 17.6. The van der Waals surface area contributed by atoms with Crippen LogP contribution in [0, 0.1) is 12.0 Å². The summed E-state index contributed by atoms with van der Waals surface area (Å²) in [6.07, 6.45) is 3.51. The van der Waals surface area contributed by atoms with Gasteiger partial charge in [0.1, 0.15) is 5.75 Å². The fourth-order valence-electron chi connectivity index (χ4n) is 1.85. The molecule has 2 nitrogen and oxygen atoms in total. The molecule has 0 saturated carbocycles. The van der Waals surface area contributed by atoms with Gasteiger partial charge in [-0.15, -0.1) is 0 Å². The zero-order valence-corrected chi connectivity index (χ0v) is 8.95. The Hall–Kier alpha value is -1.02. The van der Waals surface area contributed by atoms with Crippen LogP contribution in [-0.4, -0.2) is 19.8 Å². The predicted octanol–water partition coefficient (Wildman–Crippen LogP) is 2.68. The summed E-state index contributed by atoms with van der Waals surface area (Å²) in [6, 6.07) is 10.7. The molecule has 0 aliphatic carbocycles. The van der Waals surface area contributed by atoms with Crippen LogP contribution in [-0.2, 0) is 4.74 Å². The van der Waals surface area contributed by atoms with Gasteiger partial charge in [0.25, 0.3) is 0 Å². The summed E-state index contributed by atoms with van der Waals surface area (Å²) in [7, 11) is 0. The van der Waals surface area contributed by atoms with E-state index in [9.17, 15) is 0 Å². The van der Waals surface area contributed by atoms with Crippen LogP contribution in [0.5, 0.6) is 5.75 Å². The molecule has 1 aromatic rings. The van der Waals surface area contributed by atoms with Crippen molar-refractivity contribution in [2.24, 2.45) is 5.92 Å².